The molecule has 0 aliphatic rings. The average Bonchev–Trinajstić information content (AvgIpc) is 2.66. The van der Waals surface area contributed by atoms with Gasteiger partial charge in [0.25, 0.3) is 0 Å². The Morgan fingerprint density at radius 1 is 1.04 bits per heavy atom. The van der Waals surface area contributed by atoms with Gasteiger partial charge in [-0.25, -0.2) is 0 Å². The molecular formula is C18H21N3O3S. The molecule has 0 amide bonds. The summed E-state index contributed by atoms with van der Waals surface area (Å²) >= 11 is 4.93. The second-order valence-corrected chi connectivity index (χ2v) is 5.30. The molecule has 0 fully saturated rings. The molecule has 0 aliphatic carbocycles. The van der Waals surface area contributed by atoms with Gasteiger partial charge in [0, 0.05) is 13.1 Å². The average molecular weight is 359 g/mol. The van der Waals surface area contributed by atoms with E-state index in [1.165, 1.54) is 0 Å². The lowest BCUT2D eigenvalue weighted by molar-refractivity contribution is 0.216. The summed E-state index contributed by atoms with van der Waals surface area (Å²) in [7, 11) is 3.36. The summed E-state index contributed by atoms with van der Waals surface area (Å²) in [5.41, 5.74) is 3.63. The Hall–Kier alpha value is -2.80. The van der Waals surface area contributed by atoms with Crippen molar-refractivity contribution in [3.8, 4) is 17.2 Å². The summed E-state index contributed by atoms with van der Waals surface area (Å²) in [4.78, 5) is 0. The quantitative estimate of drug-likeness (QED) is 0.327. The zero-order valence-corrected chi connectivity index (χ0v) is 15.0. The van der Waals surface area contributed by atoms with Crippen molar-refractivity contribution in [2.45, 2.75) is 0 Å². The monoisotopic (exact) mass is 359 g/mol. The predicted octanol–water partition coefficient (Wildman–Crippen LogP) is 2.58. The summed E-state index contributed by atoms with van der Waals surface area (Å²) in [6.07, 6.45) is 1.68. The highest BCUT2D eigenvalue weighted by atomic mass is 32.1. The number of nitrogens with one attached hydrogen (secondary N) is 2. The van der Waals surface area contributed by atoms with Gasteiger partial charge >= 0.3 is 0 Å². The summed E-state index contributed by atoms with van der Waals surface area (Å²) in [6.45, 7) is 0.893. The maximum atomic E-state index is 5.65. The first-order valence-corrected chi connectivity index (χ1v) is 8.12. The van der Waals surface area contributed by atoms with Crippen molar-refractivity contribution in [3.63, 3.8) is 0 Å². The van der Waals surface area contributed by atoms with Crippen LogP contribution in [0.4, 0.5) is 0 Å². The molecule has 0 spiro atoms. The van der Waals surface area contributed by atoms with Gasteiger partial charge in [0.1, 0.15) is 30.5 Å². The standard InChI is InChI=1S/C18H21N3O3S/c1-19-18(25)21-20-13-14-6-8-15(9-7-14)23-10-11-24-17-5-3-4-16(12-17)22-2/h3-9,12-13H,10-11H2,1-2H3,(H2,19,21,25). The van der Waals surface area contributed by atoms with Crippen molar-refractivity contribution in [2.75, 3.05) is 27.4 Å². The molecule has 0 heterocycles. The number of methoxy groups -OCH3 is 1. The molecule has 0 unspecified atom stereocenters. The Kier molecular flexibility index (Phi) is 7.52. The summed E-state index contributed by atoms with van der Waals surface area (Å²) in [6, 6.07) is 15.0. The Balaban J connectivity index is 1.73. The maximum absolute atomic E-state index is 5.65. The number of hydrazone groups is 1. The van der Waals surface area contributed by atoms with Gasteiger partial charge in [0.15, 0.2) is 5.11 Å². The molecule has 0 radical (unpaired) electrons. The normalized spacial score (nSPS) is 10.3. The molecule has 0 saturated heterocycles. The fourth-order valence-electron chi connectivity index (χ4n) is 1.88. The van der Waals surface area contributed by atoms with Gasteiger partial charge < -0.3 is 19.5 Å². The smallest absolute Gasteiger partial charge is 0.186 e. The van der Waals surface area contributed by atoms with E-state index in [9.17, 15) is 0 Å². The molecule has 2 rings (SSSR count). The minimum atomic E-state index is 0.446. The molecule has 2 N–H and O–H groups in total. The highest BCUT2D eigenvalue weighted by Crippen LogP contribution is 2.18. The highest BCUT2D eigenvalue weighted by molar-refractivity contribution is 7.80. The van der Waals surface area contributed by atoms with Crippen LogP contribution in [0.3, 0.4) is 0 Å². The van der Waals surface area contributed by atoms with Crippen molar-refractivity contribution >= 4 is 23.5 Å². The summed E-state index contributed by atoms with van der Waals surface area (Å²) in [5, 5.41) is 7.26. The largest absolute Gasteiger partial charge is 0.497 e. The molecule has 0 aliphatic heterocycles. The molecule has 0 aromatic heterocycles. The van der Waals surface area contributed by atoms with Gasteiger partial charge in [-0.1, -0.05) is 6.07 Å². The van der Waals surface area contributed by atoms with Crippen molar-refractivity contribution in [2.24, 2.45) is 5.10 Å². The van der Waals surface area contributed by atoms with Crippen LogP contribution in [0.25, 0.3) is 0 Å². The lowest BCUT2D eigenvalue weighted by Gasteiger charge is -2.09. The SMILES string of the molecule is CNC(=S)NN=Cc1ccc(OCCOc2cccc(OC)c2)cc1. The van der Waals surface area contributed by atoms with Crippen LogP contribution in [-0.2, 0) is 0 Å². The first-order valence-electron chi connectivity index (χ1n) is 7.72. The fraction of sp³-hybridized carbons (Fsp3) is 0.222. The summed E-state index contributed by atoms with van der Waals surface area (Å²) < 4.78 is 16.4. The molecule has 2 aromatic carbocycles. The van der Waals surface area contributed by atoms with Gasteiger partial charge in [0.05, 0.1) is 13.3 Å². The van der Waals surface area contributed by atoms with E-state index in [0.717, 1.165) is 22.8 Å². The molecular weight excluding hydrogens is 338 g/mol. The van der Waals surface area contributed by atoms with Crippen LogP contribution in [0.1, 0.15) is 5.56 Å². The van der Waals surface area contributed by atoms with Gasteiger partial charge in [-0.2, -0.15) is 5.10 Å². The number of hydrogen-bond donors (Lipinski definition) is 2. The van der Waals surface area contributed by atoms with E-state index >= 15 is 0 Å². The zero-order chi connectivity index (χ0) is 17.9. The molecule has 2 aromatic rings. The van der Waals surface area contributed by atoms with Crippen LogP contribution in [0.2, 0.25) is 0 Å². The Morgan fingerprint density at radius 2 is 1.72 bits per heavy atom. The van der Waals surface area contributed by atoms with Crippen LogP contribution in [-0.4, -0.2) is 38.7 Å². The number of nitrogens with zero attached hydrogens (tertiary/aromatic N) is 1. The Morgan fingerprint density at radius 3 is 2.40 bits per heavy atom. The van der Waals surface area contributed by atoms with Crippen molar-refractivity contribution < 1.29 is 14.2 Å². The molecule has 7 heteroatoms. The molecule has 0 saturated carbocycles. The molecule has 6 nitrogen and oxygen atoms in total. The fourth-order valence-corrected chi connectivity index (χ4v) is 1.93. The molecule has 0 atom stereocenters. The molecule has 0 bridgehead atoms. The van der Waals surface area contributed by atoms with Gasteiger partial charge in [-0.15, -0.1) is 0 Å². The number of thiocarbonyl (C=S) groups is 1. The van der Waals surface area contributed by atoms with E-state index < -0.39 is 0 Å². The molecule has 25 heavy (non-hydrogen) atoms. The first-order chi connectivity index (χ1) is 12.2. The van der Waals surface area contributed by atoms with E-state index in [-0.39, 0.29) is 0 Å². The van der Waals surface area contributed by atoms with Crippen molar-refractivity contribution in [1.29, 1.82) is 0 Å². The topological polar surface area (TPSA) is 64.1 Å². The Labute approximate surface area is 152 Å². The maximum Gasteiger partial charge on any atom is 0.186 e. The lowest BCUT2D eigenvalue weighted by Crippen LogP contribution is -2.28. The number of benzene rings is 2. The number of ether oxygens (including phenoxy) is 3. The minimum Gasteiger partial charge on any atom is -0.497 e. The third-order valence-corrected chi connectivity index (χ3v) is 3.44. The van der Waals surface area contributed by atoms with E-state index in [4.69, 9.17) is 26.4 Å². The van der Waals surface area contributed by atoms with E-state index in [2.05, 4.69) is 15.8 Å². The lowest BCUT2D eigenvalue weighted by atomic mass is 10.2. The number of rotatable bonds is 8. The van der Waals surface area contributed by atoms with Crippen LogP contribution in [0.15, 0.2) is 53.6 Å². The van der Waals surface area contributed by atoms with Gasteiger partial charge in [0.2, 0.25) is 0 Å². The third-order valence-electron chi connectivity index (χ3n) is 3.15. The van der Waals surface area contributed by atoms with Gasteiger partial charge in [-0.3, -0.25) is 5.43 Å². The van der Waals surface area contributed by atoms with Crippen LogP contribution in [0.5, 0.6) is 17.2 Å². The van der Waals surface area contributed by atoms with E-state index in [1.54, 1.807) is 20.4 Å². The van der Waals surface area contributed by atoms with Crippen LogP contribution in [0, 0.1) is 0 Å². The van der Waals surface area contributed by atoms with Gasteiger partial charge in [-0.05, 0) is 54.2 Å². The van der Waals surface area contributed by atoms with Crippen LogP contribution < -0.4 is 25.0 Å². The summed E-state index contributed by atoms with van der Waals surface area (Å²) in [5.74, 6) is 2.28. The van der Waals surface area contributed by atoms with E-state index in [0.29, 0.717) is 18.3 Å². The predicted molar refractivity (Wildman–Crippen MR) is 103 cm³/mol. The van der Waals surface area contributed by atoms with Crippen molar-refractivity contribution in [1.82, 2.24) is 10.7 Å². The second-order valence-electron chi connectivity index (χ2n) is 4.89. The van der Waals surface area contributed by atoms with Crippen molar-refractivity contribution in [3.05, 3.63) is 54.1 Å². The highest BCUT2D eigenvalue weighted by Gasteiger charge is 1.98. The first kappa shape index (κ1) is 18.5. The zero-order valence-electron chi connectivity index (χ0n) is 14.2. The Bertz CT molecular complexity index is 705. The second kappa shape index (κ2) is 10.1. The molecule has 132 valence electrons. The third kappa shape index (κ3) is 6.68. The van der Waals surface area contributed by atoms with E-state index in [1.807, 2.05) is 48.5 Å². The van der Waals surface area contributed by atoms with Crippen LogP contribution >= 0.6 is 12.2 Å². The number of hydrogen-bond acceptors (Lipinski definition) is 5. The minimum absolute atomic E-state index is 0.446.